The van der Waals surface area contributed by atoms with Gasteiger partial charge in [-0.3, -0.25) is 0 Å². The Kier molecular flexibility index (Phi) is 4.04. The smallest absolute Gasteiger partial charge is 0.128 e. The zero-order chi connectivity index (χ0) is 12.3. The second kappa shape index (κ2) is 5.53. The van der Waals surface area contributed by atoms with Crippen LogP contribution in [0.1, 0.15) is 18.0 Å². The number of nitrogens with one attached hydrogen (secondary N) is 1. The summed E-state index contributed by atoms with van der Waals surface area (Å²) in [5.74, 6) is -0.942. The van der Waals surface area contributed by atoms with E-state index in [1.165, 1.54) is 0 Å². The molecule has 1 heterocycles. The molecule has 3 N–H and O–H groups in total. The molecule has 1 saturated heterocycles. The molecule has 0 aromatic heterocycles. The Balaban J connectivity index is 2.02. The van der Waals surface area contributed by atoms with Crippen LogP contribution in [-0.2, 0) is 4.74 Å². The molecule has 0 amide bonds. The van der Waals surface area contributed by atoms with Crippen LogP contribution in [-0.4, -0.2) is 25.8 Å². The summed E-state index contributed by atoms with van der Waals surface area (Å²) in [5.41, 5.74) is 6.09. The van der Waals surface area contributed by atoms with E-state index < -0.39 is 17.7 Å². The van der Waals surface area contributed by atoms with Gasteiger partial charge in [0.1, 0.15) is 11.6 Å². The van der Waals surface area contributed by atoms with Gasteiger partial charge in [0.2, 0.25) is 0 Å². The lowest BCUT2D eigenvalue weighted by atomic mass is 10.0. The SMILES string of the molecule is NC(CC1CNCCO1)c1cc(F)ccc1F. The first-order chi connectivity index (χ1) is 8.16. The average Bonchev–Trinajstić information content (AvgIpc) is 2.33. The van der Waals surface area contributed by atoms with Crippen molar-refractivity contribution in [3.05, 3.63) is 35.4 Å². The largest absolute Gasteiger partial charge is 0.376 e. The van der Waals surface area contributed by atoms with E-state index in [9.17, 15) is 8.78 Å². The molecule has 1 aromatic carbocycles. The molecule has 0 saturated carbocycles. The van der Waals surface area contributed by atoms with E-state index in [4.69, 9.17) is 10.5 Å². The first-order valence-electron chi connectivity index (χ1n) is 5.69. The van der Waals surface area contributed by atoms with Crippen molar-refractivity contribution in [3.8, 4) is 0 Å². The van der Waals surface area contributed by atoms with Gasteiger partial charge in [-0.1, -0.05) is 0 Å². The van der Waals surface area contributed by atoms with Crippen molar-refractivity contribution in [2.24, 2.45) is 5.73 Å². The lowest BCUT2D eigenvalue weighted by molar-refractivity contribution is 0.0193. The summed E-state index contributed by atoms with van der Waals surface area (Å²) in [7, 11) is 0. The monoisotopic (exact) mass is 242 g/mol. The molecule has 2 atom stereocenters. The van der Waals surface area contributed by atoms with Crippen LogP contribution in [0.5, 0.6) is 0 Å². The predicted molar refractivity (Wildman–Crippen MR) is 60.5 cm³/mol. The fraction of sp³-hybridized carbons (Fsp3) is 0.500. The molecule has 0 spiro atoms. The third-order valence-corrected chi connectivity index (χ3v) is 2.88. The van der Waals surface area contributed by atoms with Crippen LogP contribution in [0.3, 0.4) is 0 Å². The summed E-state index contributed by atoms with van der Waals surface area (Å²) in [6.07, 6.45) is 0.439. The first kappa shape index (κ1) is 12.4. The van der Waals surface area contributed by atoms with Crippen LogP contribution in [0, 0.1) is 11.6 Å². The summed E-state index contributed by atoms with van der Waals surface area (Å²) in [6, 6.07) is 2.79. The highest BCUT2D eigenvalue weighted by atomic mass is 19.1. The highest BCUT2D eigenvalue weighted by Gasteiger charge is 2.20. The molecule has 1 aliphatic rings. The maximum Gasteiger partial charge on any atom is 0.128 e. The van der Waals surface area contributed by atoms with E-state index in [2.05, 4.69) is 5.32 Å². The lowest BCUT2D eigenvalue weighted by Crippen LogP contribution is -2.40. The van der Waals surface area contributed by atoms with E-state index in [1.54, 1.807) is 0 Å². The van der Waals surface area contributed by atoms with Crippen molar-refractivity contribution in [2.45, 2.75) is 18.6 Å². The van der Waals surface area contributed by atoms with Crippen LogP contribution >= 0.6 is 0 Å². The summed E-state index contributed by atoms with van der Waals surface area (Å²) < 4.78 is 32.0. The van der Waals surface area contributed by atoms with Crippen LogP contribution < -0.4 is 11.1 Å². The van der Waals surface area contributed by atoms with Gasteiger partial charge >= 0.3 is 0 Å². The quantitative estimate of drug-likeness (QED) is 0.841. The average molecular weight is 242 g/mol. The van der Waals surface area contributed by atoms with Crippen molar-refractivity contribution >= 4 is 0 Å². The normalized spacial score (nSPS) is 22.4. The second-order valence-electron chi connectivity index (χ2n) is 4.20. The Morgan fingerprint density at radius 3 is 3.00 bits per heavy atom. The van der Waals surface area contributed by atoms with Gasteiger partial charge in [0.25, 0.3) is 0 Å². The van der Waals surface area contributed by atoms with Crippen molar-refractivity contribution in [1.29, 1.82) is 0 Å². The molecule has 0 radical (unpaired) electrons. The minimum Gasteiger partial charge on any atom is -0.376 e. The van der Waals surface area contributed by atoms with Crippen LogP contribution in [0.25, 0.3) is 0 Å². The maximum atomic E-state index is 13.5. The number of nitrogens with two attached hydrogens (primary N) is 1. The summed E-state index contributed by atoms with van der Waals surface area (Å²) in [5, 5.41) is 3.17. The van der Waals surface area contributed by atoms with Crippen molar-refractivity contribution in [3.63, 3.8) is 0 Å². The zero-order valence-corrected chi connectivity index (χ0v) is 9.46. The molecule has 2 unspecified atom stereocenters. The molecule has 1 aliphatic heterocycles. The van der Waals surface area contributed by atoms with Crippen molar-refractivity contribution in [2.75, 3.05) is 19.7 Å². The number of halogens is 2. The molecule has 0 bridgehead atoms. The second-order valence-corrected chi connectivity index (χ2v) is 4.20. The van der Waals surface area contributed by atoms with E-state index in [-0.39, 0.29) is 11.7 Å². The number of benzene rings is 1. The molecule has 5 heteroatoms. The Labute approximate surface area is 98.9 Å². The summed E-state index contributed by atoms with van der Waals surface area (Å²) >= 11 is 0. The highest BCUT2D eigenvalue weighted by Crippen LogP contribution is 2.21. The molecule has 2 rings (SSSR count). The van der Waals surface area contributed by atoms with Crippen LogP contribution in [0.15, 0.2) is 18.2 Å². The number of rotatable bonds is 3. The van der Waals surface area contributed by atoms with Crippen LogP contribution in [0.4, 0.5) is 8.78 Å². The third kappa shape index (κ3) is 3.21. The number of ether oxygens (including phenoxy) is 1. The van der Waals surface area contributed by atoms with Gasteiger partial charge in [-0.25, -0.2) is 8.78 Å². The molecular formula is C12H16F2N2O. The highest BCUT2D eigenvalue weighted by molar-refractivity contribution is 5.22. The van der Waals surface area contributed by atoms with Gasteiger partial charge in [0.15, 0.2) is 0 Å². The van der Waals surface area contributed by atoms with Gasteiger partial charge < -0.3 is 15.8 Å². The standard InChI is InChI=1S/C12H16F2N2O/c13-8-1-2-11(14)10(5-8)12(15)6-9-7-16-3-4-17-9/h1-2,5,9,12,16H,3-4,6-7,15H2. The minimum absolute atomic E-state index is 0.0404. The van der Waals surface area contributed by atoms with Crippen LogP contribution in [0.2, 0.25) is 0 Å². The van der Waals surface area contributed by atoms with Gasteiger partial charge in [0, 0.05) is 24.7 Å². The van der Waals surface area contributed by atoms with Gasteiger partial charge in [0.05, 0.1) is 12.7 Å². The van der Waals surface area contributed by atoms with Gasteiger partial charge in [-0.15, -0.1) is 0 Å². The maximum absolute atomic E-state index is 13.5. The Hall–Kier alpha value is -1.04. The molecule has 3 nitrogen and oxygen atoms in total. The van der Waals surface area contributed by atoms with Gasteiger partial charge in [-0.2, -0.15) is 0 Å². The number of morpholine rings is 1. The van der Waals surface area contributed by atoms with Crippen molar-refractivity contribution in [1.82, 2.24) is 5.32 Å². The molecule has 17 heavy (non-hydrogen) atoms. The molecular weight excluding hydrogens is 226 g/mol. The third-order valence-electron chi connectivity index (χ3n) is 2.88. The minimum atomic E-state index is -0.546. The van der Waals surface area contributed by atoms with Crippen molar-refractivity contribution < 1.29 is 13.5 Å². The topological polar surface area (TPSA) is 47.3 Å². The van der Waals surface area contributed by atoms with E-state index in [0.29, 0.717) is 19.6 Å². The Morgan fingerprint density at radius 1 is 1.47 bits per heavy atom. The molecule has 94 valence electrons. The zero-order valence-electron chi connectivity index (χ0n) is 9.46. The molecule has 1 aromatic rings. The fourth-order valence-electron chi connectivity index (χ4n) is 1.98. The van der Waals surface area contributed by atoms with E-state index >= 15 is 0 Å². The Bertz CT molecular complexity index is 381. The molecule has 1 fully saturated rings. The Morgan fingerprint density at radius 2 is 2.29 bits per heavy atom. The van der Waals surface area contributed by atoms with E-state index in [1.807, 2.05) is 0 Å². The van der Waals surface area contributed by atoms with E-state index in [0.717, 1.165) is 24.7 Å². The summed E-state index contributed by atoms with van der Waals surface area (Å²) in [6.45, 7) is 2.15. The number of hydrogen-bond acceptors (Lipinski definition) is 3. The lowest BCUT2D eigenvalue weighted by Gasteiger charge is -2.26. The fourth-order valence-corrected chi connectivity index (χ4v) is 1.98. The summed E-state index contributed by atoms with van der Waals surface area (Å²) in [4.78, 5) is 0. The number of hydrogen-bond donors (Lipinski definition) is 2. The first-order valence-corrected chi connectivity index (χ1v) is 5.69. The molecule has 0 aliphatic carbocycles. The van der Waals surface area contributed by atoms with Gasteiger partial charge in [-0.05, 0) is 24.6 Å². The predicted octanol–water partition coefficient (Wildman–Crippen LogP) is 1.34.